The third-order valence-electron chi connectivity index (χ3n) is 3.96. The fraction of sp³-hybridized carbons (Fsp3) is 0.588. The maximum absolute atomic E-state index is 12.3. The number of carbonyl (C=O) groups excluding carboxylic acids is 1. The minimum atomic E-state index is 0.183. The Labute approximate surface area is 111 Å². The summed E-state index contributed by atoms with van der Waals surface area (Å²) in [4.78, 5) is 12.3. The number of hydrogen-bond acceptors (Lipinski definition) is 1. The van der Waals surface area contributed by atoms with Crippen LogP contribution in [0.2, 0.25) is 0 Å². The smallest absolute Gasteiger partial charge is 0.140 e. The van der Waals surface area contributed by atoms with Gasteiger partial charge in [0.1, 0.15) is 5.78 Å². The van der Waals surface area contributed by atoms with Crippen LogP contribution in [0.1, 0.15) is 63.0 Å². The van der Waals surface area contributed by atoms with Gasteiger partial charge in [-0.1, -0.05) is 44.5 Å². The number of benzene rings is 1. The standard InChI is InChI=1S/C17H24O/c1-13(2)7-5-12-17(18)16-11-6-9-14-8-3-4-10-15(14)16/h3-4,8,10,13,16H,5-7,9,11-12H2,1-2H3. The van der Waals surface area contributed by atoms with E-state index in [1.807, 2.05) is 0 Å². The van der Waals surface area contributed by atoms with Gasteiger partial charge in [0.25, 0.3) is 0 Å². The van der Waals surface area contributed by atoms with Crippen LogP contribution in [0.5, 0.6) is 0 Å². The summed E-state index contributed by atoms with van der Waals surface area (Å²) in [6.45, 7) is 4.45. The van der Waals surface area contributed by atoms with Gasteiger partial charge in [0.2, 0.25) is 0 Å². The van der Waals surface area contributed by atoms with Gasteiger partial charge in [-0.05, 0) is 42.7 Å². The molecule has 0 aliphatic heterocycles. The molecule has 1 aromatic carbocycles. The van der Waals surface area contributed by atoms with E-state index in [0.29, 0.717) is 11.7 Å². The van der Waals surface area contributed by atoms with E-state index >= 15 is 0 Å². The van der Waals surface area contributed by atoms with Gasteiger partial charge in [-0.3, -0.25) is 4.79 Å². The van der Waals surface area contributed by atoms with Crippen LogP contribution in [0, 0.1) is 5.92 Å². The second-order valence-electron chi connectivity index (χ2n) is 5.90. The monoisotopic (exact) mass is 244 g/mol. The Morgan fingerprint density at radius 1 is 1.33 bits per heavy atom. The van der Waals surface area contributed by atoms with Crippen LogP contribution >= 0.6 is 0 Å². The Morgan fingerprint density at radius 2 is 2.11 bits per heavy atom. The van der Waals surface area contributed by atoms with Crippen molar-refractivity contribution < 1.29 is 4.79 Å². The Bertz CT molecular complexity index is 406. The molecule has 0 heterocycles. The van der Waals surface area contributed by atoms with Crippen molar-refractivity contribution in [3.63, 3.8) is 0 Å². The lowest BCUT2D eigenvalue weighted by molar-refractivity contribution is -0.120. The molecule has 1 aromatic rings. The number of aryl methyl sites for hydroxylation is 1. The predicted molar refractivity (Wildman–Crippen MR) is 75.8 cm³/mol. The minimum Gasteiger partial charge on any atom is -0.299 e. The second-order valence-corrected chi connectivity index (χ2v) is 5.90. The number of hydrogen-bond donors (Lipinski definition) is 0. The lowest BCUT2D eigenvalue weighted by Crippen LogP contribution is -2.18. The van der Waals surface area contributed by atoms with E-state index in [1.165, 1.54) is 17.5 Å². The fourth-order valence-corrected chi connectivity index (χ4v) is 2.95. The first kappa shape index (κ1) is 13.3. The summed E-state index contributed by atoms with van der Waals surface area (Å²) in [5.74, 6) is 1.35. The average Bonchev–Trinajstić information content (AvgIpc) is 2.37. The van der Waals surface area contributed by atoms with Crippen LogP contribution in [-0.4, -0.2) is 5.78 Å². The molecule has 2 rings (SSSR count). The van der Waals surface area contributed by atoms with Crippen LogP contribution in [0.3, 0.4) is 0 Å². The van der Waals surface area contributed by atoms with Gasteiger partial charge in [-0.25, -0.2) is 0 Å². The van der Waals surface area contributed by atoms with Gasteiger partial charge in [0, 0.05) is 12.3 Å². The average molecular weight is 244 g/mol. The van der Waals surface area contributed by atoms with Crippen molar-refractivity contribution in [2.45, 2.75) is 58.3 Å². The molecule has 0 spiro atoms. The molecule has 98 valence electrons. The van der Waals surface area contributed by atoms with Gasteiger partial charge in [0.05, 0.1) is 0 Å². The first-order valence-electron chi connectivity index (χ1n) is 7.29. The Hall–Kier alpha value is -1.11. The Morgan fingerprint density at radius 3 is 2.89 bits per heavy atom. The lowest BCUT2D eigenvalue weighted by Gasteiger charge is -2.24. The lowest BCUT2D eigenvalue weighted by atomic mass is 9.79. The highest BCUT2D eigenvalue weighted by Gasteiger charge is 2.25. The largest absolute Gasteiger partial charge is 0.299 e. The maximum Gasteiger partial charge on any atom is 0.140 e. The van der Waals surface area contributed by atoms with Gasteiger partial charge >= 0.3 is 0 Å². The van der Waals surface area contributed by atoms with Crippen molar-refractivity contribution >= 4 is 5.78 Å². The first-order valence-corrected chi connectivity index (χ1v) is 7.29. The summed E-state index contributed by atoms with van der Waals surface area (Å²) in [7, 11) is 0. The SMILES string of the molecule is CC(C)CCCC(=O)C1CCCc2ccccc21. The summed E-state index contributed by atoms with van der Waals surface area (Å²) < 4.78 is 0. The van der Waals surface area contributed by atoms with Crippen LogP contribution in [0.15, 0.2) is 24.3 Å². The van der Waals surface area contributed by atoms with Crippen LogP contribution < -0.4 is 0 Å². The molecule has 0 N–H and O–H groups in total. The maximum atomic E-state index is 12.3. The molecule has 18 heavy (non-hydrogen) atoms. The Kier molecular flexibility index (Phi) is 4.57. The summed E-state index contributed by atoms with van der Waals surface area (Å²) >= 11 is 0. The van der Waals surface area contributed by atoms with Gasteiger partial charge in [-0.2, -0.15) is 0 Å². The molecule has 1 unspecified atom stereocenters. The van der Waals surface area contributed by atoms with Crippen molar-refractivity contribution in [1.82, 2.24) is 0 Å². The molecule has 0 aromatic heterocycles. The van der Waals surface area contributed by atoms with E-state index in [4.69, 9.17) is 0 Å². The van der Waals surface area contributed by atoms with E-state index in [9.17, 15) is 4.79 Å². The molecule has 1 aliphatic carbocycles. The van der Waals surface area contributed by atoms with E-state index in [0.717, 1.165) is 32.1 Å². The fourth-order valence-electron chi connectivity index (χ4n) is 2.95. The summed E-state index contributed by atoms with van der Waals surface area (Å²) in [6.07, 6.45) is 6.34. The van der Waals surface area contributed by atoms with Crippen molar-refractivity contribution in [2.75, 3.05) is 0 Å². The van der Waals surface area contributed by atoms with Crippen LogP contribution in [0.4, 0.5) is 0 Å². The highest BCUT2D eigenvalue weighted by Crippen LogP contribution is 2.33. The highest BCUT2D eigenvalue weighted by molar-refractivity contribution is 5.86. The van der Waals surface area contributed by atoms with E-state index in [2.05, 4.69) is 38.1 Å². The Balaban J connectivity index is 1.99. The molecule has 0 saturated heterocycles. The van der Waals surface area contributed by atoms with Crippen molar-refractivity contribution in [3.05, 3.63) is 35.4 Å². The van der Waals surface area contributed by atoms with E-state index in [1.54, 1.807) is 0 Å². The summed E-state index contributed by atoms with van der Waals surface area (Å²) in [5, 5.41) is 0. The van der Waals surface area contributed by atoms with Crippen LogP contribution in [-0.2, 0) is 11.2 Å². The molecule has 1 atom stereocenters. The van der Waals surface area contributed by atoms with E-state index in [-0.39, 0.29) is 5.92 Å². The molecular weight excluding hydrogens is 220 g/mol. The second kappa shape index (κ2) is 6.17. The third kappa shape index (κ3) is 3.22. The molecular formula is C17H24O. The molecule has 0 amide bonds. The summed E-state index contributed by atoms with van der Waals surface area (Å²) in [5.41, 5.74) is 2.70. The van der Waals surface area contributed by atoms with Gasteiger partial charge in [0.15, 0.2) is 0 Å². The molecule has 0 bridgehead atoms. The number of fused-ring (bicyclic) bond motifs is 1. The molecule has 1 aliphatic rings. The minimum absolute atomic E-state index is 0.183. The molecule has 0 radical (unpaired) electrons. The zero-order valence-electron chi connectivity index (χ0n) is 11.6. The molecule has 1 heteroatoms. The number of ketones is 1. The predicted octanol–water partition coefficient (Wildman–Crippen LogP) is 4.50. The number of carbonyl (C=O) groups is 1. The van der Waals surface area contributed by atoms with Gasteiger partial charge < -0.3 is 0 Å². The molecule has 0 fully saturated rings. The topological polar surface area (TPSA) is 17.1 Å². The quantitative estimate of drug-likeness (QED) is 0.745. The highest BCUT2D eigenvalue weighted by atomic mass is 16.1. The normalized spacial score (nSPS) is 18.7. The van der Waals surface area contributed by atoms with Crippen molar-refractivity contribution in [2.24, 2.45) is 5.92 Å². The first-order chi connectivity index (χ1) is 8.68. The summed E-state index contributed by atoms with van der Waals surface area (Å²) in [6, 6.07) is 8.49. The zero-order chi connectivity index (χ0) is 13.0. The zero-order valence-corrected chi connectivity index (χ0v) is 11.6. The molecule has 0 saturated carbocycles. The number of Topliss-reactive ketones (excluding diaryl/α,β-unsaturated/α-hetero) is 1. The van der Waals surface area contributed by atoms with Crippen molar-refractivity contribution in [1.29, 1.82) is 0 Å². The van der Waals surface area contributed by atoms with E-state index < -0.39 is 0 Å². The van der Waals surface area contributed by atoms with Crippen LogP contribution in [0.25, 0.3) is 0 Å². The number of rotatable bonds is 5. The van der Waals surface area contributed by atoms with Crippen molar-refractivity contribution in [3.8, 4) is 0 Å². The third-order valence-corrected chi connectivity index (χ3v) is 3.96. The van der Waals surface area contributed by atoms with Gasteiger partial charge in [-0.15, -0.1) is 0 Å². The molecule has 1 nitrogen and oxygen atoms in total.